The van der Waals surface area contributed by atoms with E-state index in [-0.39, 0.29) is 5.75 Å². The second kappa shape index (κ2) is 10.3. The number of aromatic nitrogens is 3. The van der Waals surface area contributed by atoms with Gasteiger partial charge in [-0.3, -0.25) is 5.32 Å². The van der Waals surface area contributed by atoms with Gasteiger partial charge in [0.1, 0.15) is 18.2 Å². The van der Waals surface area contributed by atoms with Crippen molar-refractivity contribution < 1.29 is 27.4 Å². The summed E-state index contributed by atoms with van der Waals surface area (Å²) in [5.74, 6) is 0.0817. The lowest BCUT2D eigenvalue weighted by Crippen LogP contribution is -2.17. The molecule has 0 saturated carbocycles. The molecule has 0 aliphatic rings. The average molecular weight is 594 g/mol. The SMILES string of the molecule is CC(OC(=O)Nc1ccc(-c2ncn(-c3ccc(OC(F)(F)F)cc3)n2)cc1)c1ccc(I)cc1. The molecule has 0 saturated heterocycles. The van der Waals surface area contributed by atoms with Gasteiger partial charge in [-0.1, -0.05) is 12.1 Å². The van der Waals surface area contributed by atoms with Crippen LogP contribution in [0.25, 0.3) is 17.1 Å². The Balaban J connectivity index is 1.37. The summed E-state index contributed by atoms with van der Waals surface area (Å²) in [6, 6.07) is 19.8. The highest BCUT2D eigenvalue weighted by molar-refractivity contribution is 14.1. The lowest BCUT2D eigenvalue weighted by molar-refractivity contribution is -0.274. The summed E-state index contributed by atoms with van der Waals surface area (Å²) in [5.41, 5.74) is 2.63. The summed E-state index contributed by atoms with van der Waals surface area (Å²) in [5, 5.41) is 7.04. The molecule has 0 bridgehead atoms. The molecule has 0 aliphatic carbocycles. The van der Waals surface area contributed by atoms with E-state index in [0.717, 1.165) is 9.13 Å². The van der Waals surface area contributed by atoms with Crippen molar-refractivity contribution in [2.45, 2.75) is 19.4 Å². The molecule has 4 rings (SSSR count). The smallest absolute Gasteiger partial charge is 0.441 e. The van der Waals surface area contributed by atoms with Crippen LogP contribution in [0.1, 0.15) is 18.6 Å². The minimum atomic E-state index is -4.75. The van der Waals surface area contributed by atoms with E-state index in [1.54, 1.807) is 31.2 Å². The fourth-order valence-corrected chi connectivity index (χ4v) is 3.49. The molecule has 0 fully saturated rings. The van der Waals surface area contributed by atoms with Crippen molar-refractivity contribution in [3.63, 3.8) is 0 Å². The van der Waals surface area contributed by atoms with Gasteiger partial charge in [0.05, 0.1) is 5.69 Å². The van der Waals surface area contributed by atoms with Crippen molar-refractivity contribution in [2.75, 3.05) is 5.32 Å². The zero-order valence-corrected chi connectivity index (χ0v) is 20.3. The van der Waals surface area contributed by atoms with Crippen LogP contribution in [-0.4, -0.2) is 27.2 Å². The summed E-state index contributed by atoms with van der Waals surface area (Å²) in [6.45, 7) is 1.80. The first-order valence-corrected chi connectivity index (χ1v) is 11.4. The van der Waals surface area contributed by atoms with Crippen LogP contribution in [0.3, 0.4) is 0 Å². The molecule has 11 heteroatoms. The second-order valence-corrected chi connectivity index (χ2v) is 8.60. The molecule has 1 heterocycles. The minimum Gasteiger partial charge on any atom is -0.441 e. The maximum atomic E-state index is 12.3. The first kappa shape index (κ1) is 24.5. The number of ether oxygens (including phenoxy) is 2. The molecule has 1 unspecified atom stereocenters. The average Bonchev–Trinajstić information content (AvgIpc) is 3.29. The van der Waals surface area contributed by atoms with E-state index < -0.39 is 18.6 Å². The standard InChI is InChI=1S/C24H18F3IN4O3/c1-15(16-2-6-18(28)7-3-16)34-23(33)30-19-8-4-17(5-9-19)22-29-14-32(31-22)20-10-12-21(13-11-20)35-24(25,26)27/h2-15H,1H3,(H,30,33). The van der Waals surface area contributed by atoms with Crippen LogP contribution in [0.4, 0.5) is 23.7 Å². The highest BCUT2D eigenvalue weighted by Gasteiger charge is 2.31. The third-order valence-corrected chi connectivity index (χ3v) is 5.56. The molecule has 4 aromatic rings. The summed E-state index contributed by atoms with van der Waals surface area (Å²) in [7, 11) is 0. The first-order chi connectivity index (χ1) is 16.7. The molecule has 180 valence electrons. The number of alkyl halides is 3. The van der Waals surface area contributed by atoms with Crippen molar-refractivity contribution in [3.05, 3.63) is 88.3 Å². The van der Waals surface area contributed by atoms with Crippen LogP contribution in [0.15, 0.2) is 79.1 Å². The second-order valence-electron chi connectivity index (χ2n) is 7.36. The number of nitrogens with one attached hydrogen (secondary N) is 1. The number of nitrogens with zero attached hydrogens (tertiary/aromatic N) is 3. The predicted octanol–water partition coefficient (Wildman–Crippen LogP) is 6.75. The normalized spacial score (nSPS) is 12.1. The van der Waals surface area contributed by atoms with Gasteiger partial charge in [-0.15, -0.1) is 18.3 Å². The zero-order chi connectivity index (χ0) is 25.0. The number of carbonyl (C=O) groups excluding carboxylic acids is 1. The van der Waals surface area contributed by atoms with Crippen molar-refractivity contribution in [3.8, 4) is 22.8 Å². The molecule has 35 heavy (non-hydrogen) atoms. The molecule has 1 N–H and O–H groups in total. The fourth-order valence-electron chi connectivity index (χ4n) is 3.13. The summed E-state index contributed by atoms with van der Waals surface area (Å²) >= 11 is 2.21. The van der Waals surface area contributed by atoms with E-state index in [4.69, 9.17) is 4.74 Å². The van der Waals surface area contributed by atoms with Crippen LogP contribution in [0.2, 0.25) is 0 Å². The van der Waals surface area contributed by atoms with Gasteiger partial charge in [0.15, 0.2) is 5.82 Å². The van der Waals surface area contributed by atoms with Gasteiger partial charge in [0, 0.05) is 14.8 Å². The summed E-state index contributed by atoms with van der Waals surface area (Å²) < 4.78 is 48.8. The number of hydrogen-bond donors (Lipinski definition) is 1. The van der Waals surface area contributed by atoms with Crippen LogP contribution in [0.5, 0.6) is 5.75 Å². The highest BCUT2D eigenvalue weighted by Crippen LogP contribution is 2.25. The van der Waals surface area contributed by atoms with Crippen LogP contribution in [-0.2, 0) is 4.74 Å². The maximum Gasteiger partial charge on any atom is 0.573 e. The molecule has 1 amide bonds. The van der Waals surface area contributed by atoms with E-state index >= 15 is 0 Å². The van der Waals surface area contributed by atoms with Gasteiger partial charge in [-0.2, -0.15) is 0 Å². The number of hydrogen-bond acceptors (Lipinski definition) is 5. The number of carbonyl (C=O) groups is 1. The lowest BCUT2D eigenvalue weighted by atomic mass is 10.1. The Hall–Kier alpha value is -3.61. The third-order valence-electron chi connectivity index (χ3n) is 4.84. The Morgan fingerprint density at radius 3 is 2.29 bits per heavy atom. The Bertz CT molecular complexity index is 1290. The lowest BCUT2D eigenvalue weighted by Gasteiger charge is -2.14. The van der Waals surface area contributed by atoms with Gasteiger partial charge < -0.3 is 9.47 Å². The minimum absolute atomic E-state index is 0.323. The van der Waals surface area contributed by atoms with Crippen molar-refractivity contribution in [1.82, 2.24) is 14.8 Å². The van der Waals surface area contributed by atoms with E-state index in [0.29, 0.717) is 22.8 Å². The van der Waals surface area contributed by atoms with Gasteiger partial charge >= 0.3 is 12.5 Å². The molecular formula is C24H18F3IN4O3. The van der Waals surface area contributed by atoms with E-state index in [1.165, 1.54) is 35.3 Å². The Kier molecular flexibility index (Phi) is 7.24. The van der Waals surface area contributed by atoms with Gasteiger partial charge in [-0.25, -0.2) is 14.5 Å². The monoisotopic (exact) mass is 594 g/mol. The maximum absolute atomic E-state index is 12.3. The molecule has 1 atom stereocenters. The number of rotatable bonds is 6. The number of halogens is 4. The molecule has 0 radical (unpaired) electrons. The van der Waals surface area contributed by atoms with E-state index in [2.05, 4.69) is 42.7 Å². The van der Waals surface area contributed by atoms with Crippen molar-refractivity contribution >= 4 is 34.4 Å². The Labute approximate surface area is 212 Å². The quantitative estimate of drug-likeness (QED) is 0.250. The Morgan fingerprint density at radius 2 is 1.66 bits per heavy atom. The largest absolute Gasteiger partial charge is 0.573 e. The highest BCUT2D eigenvalue weighted by atomic mass is 127. The van der Waals surface area contributed by atoms with Crippen molar-refractivity contribution in [1.29, 1.82) is 0 Å². The third kappa shape index (κ3) is 6.72. The zero-order valence-electron chi connectivity index (χ0n) is 18.2. The first-order valence-electron chi connectivity index (χ1n) is 10.3. The Morgan fingerprint density at radius 1 is 1.00 bits per heavy atom. The predicted molar refractivity (Wildman–Crippen MR) is 131 cm³/mol. The molecule has 3 aromatic carbocycles. The number of benzene rings is 3. The van der Waals surface area contributed by atoms with E-state index in [9.17, 15) is 18.0 Å². The number of amides is 1. The van der Waals surface area contributed by atoms with E-state index in [1.807, 2.05) is 24.3 Å². The van der Waals surface area contributed by atoms with Gasteiger partial charge in [0.25, 0.3) is 0 Å². The van der Waals surface area contributed by atoms with Crippen molar-refractivity contribution in [2.24, 2.45) is 0 Å². The van der Waals surface area contributed by atoms with Crippen LogP contribution in [0, 0.1) is 3.57 Å². The number of anilines is 1. The van der Waals surface area contributed by atoms with Gasteiger partial charge in [-0.05, 0) is 95.7 Å². The summed E-state index contributed by atoms with van der Waals surface area (Å²) in [4.78, 5) is 16.5. The molecule has 1 aromatic heterocycles. The van der Waals surface area contributed by atoms with Gasteiger partial charge in [0.2, 0.25) is 0 Å². The van der Waals surface area contributed by atoms with Crippen LogP contribution < -0.4 is 10.1 Å². The fraction of sp³-hybridized carbons (Fsp3) is 0.125. The molecule has 7 nitrogen and oxygen atoms in total. The van der Waals surface area contributed by atoms with Crippen LogP contribution >= 0.6 is 22.6 Å². The topological polar surface area (TPSA) is 78.3 Å². The molecular weight excluding hydrogens is 576 g/mol. The molecule has 0 aliphatic heterocycles. The summed E-state index contributed by atoms with van der Waals surface area (Å²) in [6.07, 6.45) is -4.29. The molecule has 0 spiro atoms.